The van der Waals surface area contributed by atoms with Crippen molar-refractivity contribution in [2.75, 3.05) is 6.54 Å². The third-order valence-corrected chi connectivity index (χ3v) is 4.99. The number of nitrogens with zero attached hydrogens (tertiary/aromatic N) is 1. The van der Waals surface area contributed by atoms with Crippen LogP contribution in [0.2, 0.25) is 0 Å². The van der Waals surface area contributed by atoms with Crippen LogP contribution in [0.15, 0.2) is 0 Å². The fourth-order valence-electron chi connectivity index (χ4n) is 3.66. The highest BCUT2D eigenvalue weighted by atomic mass is 16.4. The van der Waals surface area contributed by atoms with Gasteiger partial charge in [0.25, 0.3) is 0 Å². The van der Waals surface area contributed by atoms with E-state index in [0.717, 1.165) is 25.3 Å². The average Bonchev–Trinajstić information content (AvgIpc) is 2.73. The van der Waals surface area contributed by atoms with Crippen LogP contribution in [0.5, 0.6) is 0 Å². The van der Waals surface area contributed by atoms with Crippen molar-refractivity contribution in [2.24, 2.45) is 5.92 Å². The normalized spacial score (nSPS) is 39.4. The molecule has 1 N–H and O–H groups in total. The molecule has 2 rings (SSSR count). The van der Waals surface area contributed by atoms with E-state index in [1.165, 1.54) is 32.1 Å². The molecular formula is C14H25NO2. The summed E-state index contributed by atoms with van der Waals surface area (Å²) in [7, 11) is 0. The molecule has 0 spiro atoms. The zero-order chi connectivity index (χ0) is 12.5. The first-order valence-electron chi connectivity index (χ1n) is 7.08. The molecule has 17 heavy (non-hydrogen) atoms. The summed E-state index contributed by atoms with van der Waals surface area (Å²) in [5.74, 6) is 0.248. The van der Waals surface area contributed by atoms with E-state index in [2.05, 4.69) is 11.8 Å². The van der Waals surface area contributed by atoms with Gasteiger partial charge in [-0.2, -0.15) is 0 Å². The zero-order valence-corrected chi connectivity index (χ0v) is 11.1. The number of rotatable bonds is 3. The van der Waals surface area contributed by atoms with Crippen molar-refractivity contribution in [2.45, 2.75) is 70.4 Å². The second kappa shape index (κ2) is 4.97. The summed E-state index contributed by atoms with van der Waals surface area (Å²) in [6, 6.07) is 0.515. The number of hydrogen-bond acceptors (Lipinski definition) is 2. The fraction of sp³-hybridized carbons (Fsp3) is 0.929. The molecule has 0 aromatic heterocycles. The summed E-state index contributed by atoms with van der Waals surface area (Å²) in [6.07, 6.45) is 8.10. The van der Waals surface area contributed by atoms with Crippen LogP contribution in [0.3, 0.4) is 0 Å². The molecular weight excluding hydrogens is 214 g/mol. The molecule has 2 aliphatic rings. The van der Waals surface area contributed by atoms with Crippen LogP contribution in [0.1, 0.15) is 58.8 Å². The molecule has 3 heteroatoms. The standard InChI is InChI=1S/C14H25NO2/c1-3-11-5-7-12(8-6-11)15-10-4-9-14(15,2)13(16)17/h11-12H,3-10H2,1-2H3,(H,16,17). The first kappa shape index (κ1) is 12.9. The number of carbonyl (C=O) groups is 1. The minimum Gasteiger partial charge on any atom is -0.480 e. The summed E-state index contributed by atoms with van der Waals surface area (Å²) in [5.41, 5.74) is -0.594. The largest absolute Gasteiger partial charge is 0.480 e. The molecule has 0 bridgehead atoms. The van der Waals surface area contributed by atoms with Crippen molar-refractivity contribution in [3.8, 4) is 0 Å². The summed E-state index contributed by atoms with van der Waals surface area (Å²) >= 11 is 0. The van der Waals surface area contributed by atoms with Crippen LogP contribution in [0.25, 0.3) is 0 Å². The van der Waals surface area contributed by atoms with Gasteiger partial charge in [-0.3, -0.25) is 9.69 Å². The Labute approximate surface area is 104 Å². The highest BCUT2D eigenvalue weighted by Crippen LogP contribution is 2.37. The van der Waals surface area contributed by atoms with E-state index in [1.54, 1.807) is 0 Å². The molecule has 1 atom stereocenters. The second-order valence-electron chi connectivity index (χ2n) is 5.96. The minimum absolute atomic E-state index is 0.515. The van der Waals surface area contributed by atoms with Crippen molar-refractivity contribution in [1.82, 2.24) is 4.90 Å². The number of carboxylic acid groups (broad SMARTS) is 1. The molecule has 1 aliphatic heterocycles. The van der Waals surface area contributed by atoms with Crippen LogP contribution < -0.4 is 0 Å². The van der Waals surface area contributed by atoms with Gasteiger partial charge in [0.1, 0.15) is 5.54 Å². The monoisotopic (exact) mass is 239 g/mol. The third kappa shape index (κ3) is 2.35. The van der Waals surface area contributed by atoms with Crippen molar-refractivity contribution in [3.05, 3.63) is 0 Å². The SMILES string of the molecule is CCC1CCC(N2CCCC2(C)C(=O)O)CC1. The maximum absolute atomic E-state index is 11.5. The highest BCUT2D eigenvalue weighted by Gasteiger charge is 2.46. The van der Waals surface area contributed by atoms with Gasteiger partial charge >= 0.3 is 5.97 Å². The molecule has 3 nitrogen and oxygen atoms in total. The Balaban J connectivity index is 2.00. The predicted molar refractivity (Wildman–Crippen MR) is 68.0 cm³/mol. The summed E-state index contributed by atoms with van der Waals surface area (Å²) in [6.45, 7) is 5.15. The van der Waals surface area contributed by atoms with E-state index in [4.69, 9.17) is 0 Å². The van der Waals surface area contributed by atoms with Crippen molar-refractivity contribution in [3.63, 3.8) is 0 Å². The maximum Gasteiger partial charge on any atom is 0.323 e. The minimum atomic E-state index is -0.632. The van der Waals surface area contributed by atoms with Crippen molar-refractivity contribution < 1.29 is 9.90 Å². The molecule has 1 heterocycles. The number of aliphatic carboxylic acids is 1. The van der Waals surface area contributed by atoms with Gasteiger partial charge in [-0.15, -0.1) is 0 Å². The van der Waals surface area contributed by atoms with E-state index in [-0.39, 0.29) is 0 Å². The van der Waals surface area contributed by atoms with Crippen molar-refractivity contribution in [1.29, 1.82) is 0 Å². The Morgan fingerprint density at radius 3 is 2.53 bits per heavy atom. The first-order valence-corrected chi connectivity index (χ1v) is 7.08. The van der Waals surface area contributed by atoms with Gasteiger partial charge in [0.15, 0.2) is 0 Å². The molecule has 2 fully saturated rings. The second-order valence-corrected chi connectivity index (χ2v) is 5.96. The predicted octanol–water partition coefficient (Wildman–Crippen LogP) is 2.89. The highest BCUT2D eigenvalue weighted by molar-refractivity contribution is 5.78. The van der Waals surface area contributed by atoms with Crippen LogP contribution in [0, 0.1) is 5.92 Å². The van der Waals surface area contributed by atoms with Crippen LogP contribution in [0.4, 0.5) is 0 Å². The van der Waals surface area contributed by atoms with Gasteiger partial charge in [0.2, 0.25) is 0 Å². The molecule has 1 aliphatic carbocycles. The molecule has 1 unspecified atom stereocenters. The Morgan fingerprint density at radius 2 is 2.00 bits per heavy atom. The number of likely N-dealkylation sites (tertiary alicyclic amines) is 1. The summed E-state index contributed by atoms with van der Waals surface area (Å²) in [5, 5.41) is 9.43. The third-order valence-electron chi connectivity index (χ3n) is 4.99. The summed E-state index contributed by atoms with van der Waals surface area (Å²) in [4.78, 5) is 13.7. The fourth-order valence-corrected chi connectivity index (χ4v) is 3.66. The lowest BCUT2D eigenvalue weighted by atomic mass is 9.82. The van der Waals surface area contributed by atoms with E-state index in [1.807, 2.05) is 6.92 Å². The van der Waals surface area contributed by atoms with Gasteiger partial charge in [0, 0.05) is 6.04 Å². The quantitative estimate of drug-likeness (QED) is 0.823. The first-order chi connectivity index (χ1) is 8.08. The average molecular weight is 239 g/mol. The van der Waals surface area contributed by atoms with Crippen LogP contribution in [-0.4, -0.2) is 34.1 Å². The Morgan fingerprint density at radius 1 is 1.35 bits per heavy atom. The van der Waals surface area contributed by atoms with Gasteiger partial charge < -0.3 is 5.11 Å². The van der Waals surface area contributed by atoms with Gasteiger partial charge in [-0.05, 0) is 57.9 Å². The molecule has 0 amide bonds. The Kier molecular flexibility index (Phi) is 3.76. The topological polar surface area (TPSA) is 40.5 Å². The lowest BCUT2D eigenvalue weighted by molar-refractivity contribution is -0.150. The van der Waals surface area contributed by atoms with Crippen LogP contribution >= 0.6 is 0 Å². The van der Waals surface area contributed by atoms with E-state index < -0.39 is 11.5 Å². The Hall–Kier alpha value is -0.570. The zero-order valence-electron chi connectivity index (χ0n) is 11.1. The number of hydrogen-bond donors (Lipinski definition) is 1. The molecule has 98 valence electrons. The van der Waals surface area contributed by atoms with Gasteiger partial charge in [-0.25, -0.2) is 0 Å². The number of carboxylic acids is 1. The molecule has 0 radical (unpaired) electrons. The van der Waals surface area contributed by atoms with Gasteiger partial charge in [0.05, 0.1) is 0 Å². The summed E-state index contributed by atoms with van der Waals surface area (Å²) < 4.78 is 0. The molecule has 0 aromatic rings. The lowest BCUT2D eigenvalue weighted by Gasteiger charge is -2.41. The van der Waals surface area contributed by atoms with Crippen LogP contribution in [-0.2, 0) is 4.79 Å². The van der Waals surface area contributed by atoms with E-state index in [9.17, 15) is 9.90 Å². The molecule has 1 saturated carbocycles. The van der Waals surface area contributed by atoms with Gasteiger partial charge in [-0.1, -0.05) is 13.3 Å². The van der Waals surface area contributed by atoms with Crippen molar-refractivity contribution >= 4 is 5.97 Å². The maximum atomic E-state index is 11.5. The Bertz CT molecular complexity index is 284. The van der Waals surface area contributed by atoms with E-state index in [0.29, 0.717) is 6.04 Å². The lowest BCUT2D eigenvalue weighted by Crippen LogP contribution is -2.53. The molecule has 0 aromatic carbocycles. The van der Waals surface area contributed by atoms with E-state index >= 15 is 0 Å². The smallest absolute Gasteiger partial charge is 0.323 e. The molecule has 1 saturated heterocycles.